The molecule has 0 spiro atoms. The Balaban J connectivity index is 2.59. The summed E-state index contributed by atoms with van der Waals surface area (Å²) in [4.78, 5) is 10.9. The van der Waals surface area contributed by atoms with Crippen molar-refractivity contribution < 1.29 is 0 Å². The van der Waals surface area contributed by atoms with Crippen molar-refractivity contribution >= 4 is 44.9 Å². The summed E-state index contributed by atoms with van der Waals surface area (Å²) < 4.78 is 0. The van der Waals surface area contributed by atoms with Crippen LogP contribution >= 0.6 is 34.7 Å². The molecule has 5 heteroatoms. The predicted octanol–water partition coefficient (Wildman–Crippen LogP) is 3.52. The lowest BCUT2D eigenvalue weighted by atomic mass is 10.4. The van der Waals surface area contributed by atoms with Crippen molar-refractivity contribution in [2.75, 3.05) is 6.26 Å². The summed E-state index contributed by atoms with van der Waals surface area (Å²) in [5.41, 5.74) is 0. The van der Waals surface area contributed by atoms with E-state index < -0.39 is 0 Å². The zero-order chi connectivity index (χ0) is 10.1. The fourth-order valence-corrected chi connectivity index (χ4v) is 2.83. The SMILES string of the molecule is CSCc1nc(Cl)c2cc(C)sc2n1. The Bertz CT molecular complexity index is 467. The molecule has 2 aromatic heterocycles. The van der Waals surface area contributed by atoms with Gasteiger partial charge in [-0.25, -0.2) is 9.97 Å². The highest BCUT2D eigenvalue weighted by Crippen LogP contribution is 2.28. The number of fused-ring (bicyclic) bond motifs is 1. The molecule has 2 heterocycles. The minimum Gasteiger partial charge on any atom is -0.221 e. The second kappa shape index (κ2) is 4.04. The summed E-state index contributed by atoms with van der Waals surface area (Å²) in [6.07, 6.45) is 2.03. The molecule has 0 amide bonds. The van der Waals surface area contributed by atoms with Crippen LogP contribution in [0.1, 0.15) is 10.7 Å². The lowest BCUT2D eigenvalue weighted by Gasteiger charge is -1.98. The average Bonchev–Trinajstić information content (AvgIpc) is 2.47. The van der Waals surface area contributed by atoms with Crippen LogP contribution in [-0.2, 0) is 5.75 Å². The molecule has 0 aliphatic rings. The number of aromatic nitrogens is 2. The normalized spacial score (nSPS) is 11.1. The van der Waals surface area contributed by atoms with E-state index in [2.05, 4.69) is 16.9 Å². The molecule has 0 aliphatic heterocycles. The van der Waals surface area contributed by atoms with E-state index in [0.29, 0.717) is 5.15 Å². The van der Waals surface area contributed by atoms with E-state index in [4.69, 9.17) is 11.6 Å². The van der Waals surface area contributed by atoms with Gasteiger partial charge in [-0.15, -0.1) is 11.3 Å². The van der Waals surface area contributed by atoms with Crippen molar-refractivity contribution in [2.45, 2.75) is 12.7 Å². The molecule has 74 valence electrons. The molecule has 0 aliphatic carbocycles. The number of rotatable bonds is 2. The molecule has 14 heavy (non-hydrogen) atoms. The largest absolute Gasteiger partial charge is 0.221 e. The van der Waals surface area contributed by atoms with Crippen molar-refractivity contribution in [1.82, 2.24) is 9.97 Å². The molecule has 2 nitrogen and oxygen atoms in total. The number of thiophene rings is 1. The van der Waals surface area contributed by atoms with Gasteiger partial charge in [0, 0.05) is 10.3 Å². The van der Waals surface area contributed by atoms with Crippen LogP contribution < -0.4 is 0 Å². The van der Waals surface area contributed by atoms with Crippen molar-refractivity contribution in [3.63, 3.8) is 0 Å². The summed E-state index contributed by atoms with van der Waals surface area (Å²) in [6, 6.07) is 2.03. The van der Waals surface area contributed by atoms with E-state index in [1.54, 1.807) is 23.1 Å². The molecule has 0 fully saturated rings. The van der Waals surface area contributed by atoms with Gasteiger partial charge in [0.15, 0.2) is 0 Å². The van der Waals surface area contributed by atoms with Gasteiger partial charge in [-0.3, -0.25) is 0 Å². The van der Waals surface area contributed by atoms with E-state index in [9.17, 15) is 0 Å². The van der Waals surface area contributed by atoms with E-state index in [1.807, 2.05) is 12.3 Å². The first-order valence-corrected chi connectivity index (χ1v) is 6.71. The Labute approximate surface area is 95.7 Å². The summed E-state index contributed by atoms with van der Waals surface area (Å²) >= 11 is 9.42. The summed E-state index contributed by atoms with van der Waals surface area (Å²) in [7, 11) is 0. The minimum atomic E-state index is 0.573. The van der Waals surface area contributed by atoms with Crippen molar-refractivity contribution in [3.8, 4) is 0 Å². The topological polar surface area (TPSA) is 25.8 Å². The third kappa shape index (κ3) is 1.87. The first kappa shape index (κ1) is 10.2. The van der Waals surface area contributed by atoms with Crippen LogP contribution in [0.15, 0.2) is 6.07 Å². The molecule has 0 atom stereocenters. The van der Waals surface area contributed by atoms with E-state index >= 15 is 0 Å². The molecule has 0 bridgehead atoms. The Morgan fingerprint density at radius 3 is 3.00 bits per heavy atom. The van der Waals surface area contributed by atoms with Gasteiger partial charge >= 0.3 is 0 Å². The molecule has 0 N–H and O–H groups in total. The number of aryl methyl sites for hydroxylation is 1. The summed E-state index contributed by atoms with van der Waals surface area (Å²) in [5, 5.41) is 1.54. The molecule has 0 aromatic carbocycles. The molecule has 0 radical (unpaired) electrons. The molecule has 0 unspecified atom stereocenters. The van der Waals surface area contributed by atoms with Crippen LogP contribution in [0.2, 0.25) is 5.15 Å². The van der Waals surface area contributed by atoms with Gasteiger partial charge in [-0.05, 0) is 19.2 Å². The average molecular weight is 245 g/mol. The van der Waals surface area contributed by atoms with Gasteiger partial charge in [-0.1, -0.05) is 11.6 Å². The first-order valence-electron chi connectivity index (χ1n) is 4.12. The first-order chi connectivity index (χ1) is 6.70. The molecular formula is C9H9ClN2S2. The maximum Gasteiger partial charge on any atom is 0.141 e. The Kier molecular flexibility index (Phi) is 2.95. The van der Waals surface area contributed by atoms with Crippen LogP contribution in [0.25, 0.3) is 10.2 Å². The molecule has 2 rings (SSSR count). The zero-order valence-electron chi connectivity index (χ0n) is 7.87. The smallest absolute Gasteiger partial charge is 0.141 e. The molecule has 0 saturated heterocycles. The van der Waals surface area contributed by atoms with Gasteiger partial charge in [0.1, 0.15) is 15.8 Å². The molecular weight excluding hydrogens is 236 g/mol. The van der Waals surface area contributed by atoms with Crippen LogP contribution in [0.3, 0.4) is 0 Å². The number of halogens is 1. The second-order valence-electron chi connectivity index (χ2n) is 2.94. The van der Waals surface area contributed by atoms with Gasteiger partial charge < -0.3 is 0 Å². The number of thioether (sulfide) groups is 1. The van der Waals surface area contributed by atoms with Crippen LogP contribution in [0, 0.1) is 6.92 Å². The Morgan fingerprint density at radius 2 is 2.29 bits per heavy atom. The summed E-state index contributed by atoms with van der Waals surface area (Å²) in [6.45, 7) is 2.05. The van der Waals surface area contributed by atoms with E-state index in [1.165, 1.54) is 4.88 Å². The standard InChI is InChI=1S/C9H9ClN2S2/c1-5-3-6-8(10)11-7(4-13-2)12-9(6)14-5/h3H,4H2,1-2H3. The fourth-order valence-electron chi connectivity index (χ4n) is 1.24. The highest BCUT2D eigenvalue weighted by molar-refractivity contribution is 7.97. The van der Waals surface area contributed by atoms with E-state index in [-0.39, 0.29) is 0 Å². The van der Waals surface area contributed by atoms with Crippen molar-refractivity contribution in [3.05, 3.63) is 21.9 Å². The van der Waals surface area contributed by atoms with Crippen LogP contribution in [0.4, 0.5) is 0 Å². The van der Waals surface area contributed by atoms with Gasteiger partial charge in [0.25, 0.3) is 0 Å². The Hall–Kier alpha value is -0.320. The molecule has 0 saturated carbocycles. The van der Waals surface area contributed by atoms with Gasteiger partial charge in [0.2, 0.25) is 0 Å². The zero-order valence-corrected chi connectivity index (χ0v) is 10.3. The number of nitrogens with zero attached hydrogens (tertiary/aromatic N) is 2. The monoisotopic (exact) mass is 244 g/mol. The van der Waals surface area contributed by atoms with Crippen molar-refractivity contribution in [1.29, 1.82) is 0 Å². The number of hydrogen-bond acceptors (Lipinski definition) is 4. The quantitative estimate of drug-likeness (QED) is 0.756. The van der Waals surface area contributed by atoms with Crippen LogP contribution in [-0.4, -0.2) is 16.2 Å². The highest BCUT2D eigenvalue weighted by Gasteiger charge is 2.07. The number of hydrogen-bond donors (Lipinski definition) is 0. The maximum atomic E-state index is 6.06. The second-order valence-corrected chi connectivity index (χ2v) is 5.40. The van der Waals surface area contributed by atoms with Crippen LogP contribution in [0.5, 0.6) is 0 Å². The lowest BCUT2D eigenvalue weighted by molar-refractivity contribution is 1.08. The Morgan fingerprint density at radius 1 is 1.50 bits per heavy atom. The van der Waals surface area contributed by atoms with Gasteiger partial charge in [0.05, 0.1) is 5.75 Å². The fraction of sp³-hybridized carbons (Fsp3) is 0.333. The lowest BCUT2D eigenvalue weighted by Crippen LogP contribution is -1.91. The van der Waals surface area contributed by atoms with Gasteiger partial charge in [-0.2, -0.15) is 11.8 Å². The minimum absolute atomic E-state index is 0.573. The predicted molar refractivity (Wildman–Crippen MR) is 64.4 cm³/mol. The summed E-state index contributed by atoms with van der Waals surface area (Å²) in [5.74, 6) is 1.63. The highest BCUT2D eigenvalue weighted by atomic mass is 35.5. The third-order valence-electron chi connectivity index (χ3n) is 1.79. The molecule has 2 aromatic rings. The maximum absolute atomic E-state index is 6.06. The van der Waals surface area contributed by atoms with Crippen molar-refractivity contribution in [2.24, 2.45) is 0 Å². The third-order valence-corrected chi connectivity index (χ3v) is 3.57. The van der Waals surface area contributed by atoms with E-state index in [0.717, 1.165) is 21.8 Å².